The number of rotatable bonds is 6. The number of aliphatic hydroxyl groups excluding tert-OH is 1. The van der Waals surface area contributed by atoms with Gasteiger partial charge in [-0.3, -0.25) is 4.79 Å². The van der Waals surface area contributed by atoms with Crippen LogP contribution in [0.1, 0.15) is 39.5 Å². The summed E-state index contributed by atoms with van der Waals surface area (Å²) in [5.74, 6) is 0.458. The molecule has 17 heavy (non-hydrogen) atoms. The molecule has 0 saturated carbocycles. The minimum absolute atomic E-state index is 0.0812. The predicted molar refractivity (Wildman–Crippen MR) is 68.7 cm³/mol. The first kappa shape index (κ1) is 14.5. The van der Waals surface area contributed by atoms with E-state index >= 15 is 0 Å². The van der Waals surface area contributed by atoms with E-state index in [-0.39, 0.29) is 11.8 Å². The summed E-state index contributed by atoms with van der Waals surface area (Å²) in [4.78, 5) is 11.8. The summed E-state index contributed by atoms with van der Waals surface area (Å²) in [7, 11) is 0. The molecule has 0 bridgehead atoms. The van der Waals surface area contributed by atoms with E-state index in [2.05, 4.69) is 24.5 Å². The molecule has 100 valence electrons. The highest BCUT2D eigenvalue weighted by Crippen LogP contribution is 2.13. The molecule has 1 saturated heterocycles. The summed E-state index contributed by atoms with van der Waals surface area (Å²) in [6.07, 6.45) is 3.52. The van der Waals surface area contributed by atoms with Gasteiger partial charge >= 0.3 is 0 Å². The van der Waals surface area contributed by atoms with Gasteiger partial charge in [0, 0.05) is 13.1 Å². The van der Waals surface area contributed by atoms with Gasteiger partial charge < -0.3 is 15.7 Å². The zero-order chi connectivity index (χ0) is 12.7. The Balaban J connectivity index is 2.26. The van der Waals surface area contributed by atoms with Crippen LogP contribution in [0.2, 0.25) is 0 Å². The van der Waals surface area contributed by atoms with Gasteiger partial charge in [0.25, 0.3) is 0 Å². The Hall–Kier alpha value is -0.610. The first-order chi connectivity index (χ1) is 8.19. The Bertz CT molecular complexity index is 223. The summed E-state index contributed by atoms with van der Waals surface area (Å²) >= 11 is 0. The Morgan fingerprint density at radius 2 is 2.18 bits per heavy atom. The first-order valence-corrected chi connectivity index (χ1v) is 6.85. The number of carbonyl (C=O) groups excluding carboxylic acids is 1. The van der Waals surface area contributed by atoms with Crippen molar-refractivity contribution in [3.8, 4) is 0 Å². The zero-order valence-electron chi connectivity index (χ0n) is 11.0. The van der Waals surface area contributed by atoms with E-state index in [1.165, 1.54) is 0 Å². The fourth-order valence-corrected chi connectivity index (χ4v) is 2.42. The van der Waals surface area contributed by atoms with Crippen molar-refractivity contribution in [2.45, 2.75) is 45.6 Å². The van der Waals surface area contributed by atoms with Crippen LogP contribution in [-0.4, -0.2) is 36.8 Å². The van der Waals surface area contributed by atoms with Crippen molar-refractivity contribution < 1.29 is 9.90 Å². The van der Waals surface area contributed by atoms with Gasteiger partial charge in [0.15, 0.2) is 0 Å². The fourth-order valence-electron chi connectivity index (χ4n) is 2.42. The van der Waals surface area contributed by atoms with Crippen LogP contribution in [0.15, 0.2) is 0 Å². The molecule has 2 unspecified atom stereocenters. The topological polar surface area (TPSA) is 61.4 Å². The minimum atomic E-state index is -0.412. The van der Waals surface area contributed by atoms with Crippen molar-refractivity contribution in [2.75, 3.05) is 19.6 Å². The van der Waals surface area contributed by atoms with E-state index in [0.29, 0.717) is 12.5 Å². The Morgan fingerprint density at radius 1 is 1.47 bits per heavy atom. The van der Waals surface area contributed by atoms with Crippen LogP contribution >= 0.6 is 0 Å². The van der Waals surface area contributed by atoms with Crippen LogP contribution in [-0.2, 0) is 4.79 Å². The van der Waals surface area contributed by atoms with Gasteiger partial charge in [-0.15, -0.1) is 0 Å². The van der Waals surface area contributed by atoms with Crippen molar-refractivity contribution in [2.24, 2.45) is 11.8 Å². The van der Waals surface area contributed by atoms with Crippen molar-refractivity contribution in [3.05, 3.63) is 0 Å². The minimum Gasteiger partial charge on any atom is -0.391 e. The van der Waals surface area contributed by atoms with Crippen LogP contribution in [0.5, 0.6) is 0 Å². The summed E-state index contributed by atoms with van der Waals surface area (Å²) in [6, 6.07) is 0. The molecule has 1 aliphatic rings. The third kappa shape index (κ3) is 4.64. The lowest BCUT2D eigenvalue weighted by Gasteiger charge is -2.24. The van der Waals surface area contributed by atoms with Crippen LogP contribution in [0, 0.1) is 11.8 Å². The quantitative estimate of drug-likeness (QED) is 0.648. The predicted octanol–water partition coefficient (Wildman–Crippen LogP) is 0.899. The Kier molecular flexibility index (Phi) is 6.52. The molecule has 1 rings (SSSR count). The molecule has 0 aromatic carbocycles. The third-order valence-electron chi connectivity index (χ3n) is 3.75. The Morgan fingerprint density at radius 3 is 2.71 bits per heavy atom. The fraction of sp³-hybridized carbons (Fsp3) is 0.923. The molecular formula is C13H26N2O2. The van der Waals surface area contributed by atoms with Crippen LogP contribution in [0.3, 0.4) is 0 Å². The molecule has 1 amide bonds. The number of piperidine rings is 1. The molecule has 2 atom stereocenters. The molecule has 0 radical (unpaired) electrons. The maximum atomic E-state index is 11.8. The molecule has 0 aliphatic carbocycles. The molecule has 1 heterocycles. The van der Waals surface area contributed by atoms with Crippen LogP contribution in [0.25, 0.3) is 0 Å². The van der Waals surface area contributed by atoms with Gasteiger partial charge in [-0.05, 0) is 25.3 Å². The maximum absolute atomic E-state index is 11.8. The molecule has 1 fully saturated rings. The van der Waals surface area contributed by atoms with E-state index in [1.54, 1.807) is 0 Å². The molecule has 0 spiro atoms. The highest BCUT2D eigenvalue weighted by molar-refractivity contribution is 5.78. The first-order valence-electron chi connectivity index (χ1n) is 6.85. The second kappa shape index (κ2) is 7.67. The summed E-state index contributed by atoms with van der Waals surface area (Å²) in [5, 5.41) is 16.0. The molecule has 4 nitrogen and oxygen atoms in total. The highest BCUT2D eigenvalue weighted by Gasteiger charge is 2.22. The van der Waals surface area contributed by atoms with Gasteiger partial charge in [0.1, 0.15) is 0 Å². The smallest absolute Gasteiger partial charge is 0.224 e. The van der Waals surface area contributed by atoms with Crippen molar-refractivity contribution in [1.29, 1.82) is 0 Å². The summed E-state index contributed by atoms with van der Waals surface area (Å²) in [6.45, 7) is 6.32. The van der Waals surface area contributed by atoms with Crippen molar-refractivity contribution >= 4 is 5.91 Å². The third-order valence-corrected chi connectivity index (χ3v) is 3.75. The second-order valence-corrected chi connectivity index (χ2v) is 4.93. The van der Waals surface area contributed by atoms with Gasteiger partial charge in [-0.1, -0.05) is 26.7 Å². The summed E-state index contributed by atoms with van der Waals surface area (Å²) in [5.41, 5.74) is 0. The number of carbonyl (C=O) groups is 1. The number of amides is 1. The van der Waals surface area contributed by atoms with Crippen LogP contribution < -0.4 is 10.6 Å². The van der Waals surface area contributed by atoms with Crippen molar-refractivity contribution in [3.63, 3.8) is 0 Å². The van der Waals surface area contributed by atoms with Crippen molar-refractivity contribution in [1.82, 2.24) is 10.6 Å². The standard InChI is InChI=1S/C13H26N2O2/c1-3-10(4-2)12(16)9-15-13(17)11-6-5-7-14-8-11/h10-12,14,16H,3-9H2,1-2H3,(H,15,17). The SMILES string of the molecule is CCC(CC)C(O)CNC(=O)C1CCCNC1. The molecule has 4 heteroatoms. The van der Waals surface area contributed by atoms with E-state index in [9.17, 15) is 9.90 Å². The van der Waals surface area contributed by atoms with Gasteiger partial charge in [0.2, 0.25) is 5.91 Å². The lowest BCUT2D eigenvalue weighted by atomic mass is 9.95. The maximum Gasteiger partial charge on any atom is 0.224 e. The average molecular weight is 242 g/mol. The molecule has 0 aromatic heterocycles. The number of aliphatic hydroxyl groups is 1. The number of nitrogens with one attached hydrogen (secondary N) is 2. The number of hydrogen-bond donors (Lipinski definition) is 3. The average Bonchev–Trinajstić information content (AvgIpc) is 2.38. The molecular weight excluding hydrogens is 216 g/mol. The monoisotopic (exact) mass is 242 g/mol. The van der Waals surface area contributed by atoms with Gasteiger partial charge in [0.05, 0.1) is 12.0 Å². The van der Waals surface area contributed by atoms with Gasteiger partial charge in [-0.25, -0.2) is 0 Å². The molecule has 0 aromatic rings. The van der Waals surface area contributed by atoms with Crippen LogP contribution in [0.4, 0.5) is 0 Å². The lowest BCUT2D eigenvalue weighted by Crippen LogP contribution is -2.43. The zero-order valence-corrected chi connectivity index (χ0v) is 11.0. The lowest BCUT2D eigenvalue weighted by molar-refractivity contribution is -0.126. The van der Waals surface area contributed by atoms with E-state index in [0.717, 1.165) is 38.8 Å². The molecule has 3 N–H and O–H groups in total. The van der Waals surface area contributed by atoms with E-state index < -0.39 is 6.10 Å². The van der Waals surface area contributed by atoms with E-state index in [4.69, 9.17) is 0 Å². The Labute approximate surface area is 104 Å². The second-order valence-electron chi connectivity index (χ2n) is 4.93. The summed E-state index contributed by atoms with van der Waals surface area (Å²) < 4.78 is 0. The highest BCUT2D eigenvalue weighted by atomic mass is 16.3. The molecule has 1 aliphatic heterocycles. The number of hydrogen-bond acceptors (Lipinski definition) is 3. The van der Waals surface area contributed by atoms with Gasteiger partial charge in [-0.2, -0.15) is 0 Å². The normalized spacial score (nSPS) is 22.5. The van der Waals surface area contributed by atoms with E-state index in [1.807, 2.05) is 0 Å². The largest absolute Gasteiger partial charge is 0.391 e.